The third-order valence-electron chi connectivity index (χ3n) is 1.06. The molecule has 0 bridgehead atoms. The van der Waals surface area contributed by atoms with Gasteiger partial charge in [-0.1, -0.05) is 15.9 Å². The van der Waals surface area contributed by atoms with Gasteiger partial charge in [0, 0.05) is 4.47 Å². The molecule has 3 nitrogen and oxygen atoms in total. The molecule has 13 heavy (non-hydrogen) atoms. The van der Waals surface area contributed by atoms with Gasteiger partial charge in [-0.3, -0.25) is 0 Å². The maximum atomic E-state index is 10.7. The van der Waals surface area contributed by atoms with Crippen LogP contribution in [0.15, 0.2) is 28.7 Å². The predicted molar refractivity (Wildman–Crippen MR) is 50.7 cm³/mol. The summed E-state index contributed by atoms with van der Waals surface area (Å²) in [6.45, 7) is 0. The zero-order valence-corrected chi connectivity index (χ0v) is 11.7. The van der Waals surface area contributed by atoms with Crippen molar-refractivity contribution in [3.05, 3.63) is 28.7 Å². The van der Waals surface area contributed by atoms with E-state index in [1.165, 1.54) is 0 Å². The first-order valence-electron chi connectivity index (χ1n) is 3.12. The summed E-state index contributed by atoms with van der Waals surface area (Å²) in [5, 5.41) is 0. The molecule has 6 heteroatoms. The molecule has 1 rings (SSSR count). The quantitative estimate of drug-likeness (QED) is 0.508. The second-order valence-corrected chi connectivity index (χ2v) is 4.73. The number of hydrogen-bond donors (Lipinski definition) is 0. The van der Waals surface area contributed by atoms with Crippen molar-refractivity contribution in [1.82, 2.24) is 0 Å². The molecule has 0 aliphatic heterocycles. The summed E-state index contributed by atoms with van der Waals surface area (Å²) >= 11 is 3.22. The molecule has 0 atom stereocenters. The fraction of sp³-hybridized carbons (Fsp3) is 0.143. The zero-order chi connectivity index (χ0) is 9.19. The molecule has 68 valence electrons. The Kier molecular flexibility index (Phi) is 5.55. The molecule has 1 aromatic carbocycles. The zero-order valence-electron chi connectivity index (χ0n) is 8.32. The SMILES string of the molecule is CS(=O)(=O)Oc1ccc(Br)cc1.[H-].[Na+]. The van der Waals surface area contributed by atoms with Gasteiger partial charge in [-0.2, -0.15) is 8.42 Å². The molecule has 0 unspecified atom stereocenters. The van der Waals surface area contributed by atoms with Crippen LogP contribution in [0.1, 0.15) is 1.43 Å². The van der Waals surface area contributed by atoms with E-state index >= 15 is 0 Å². The molecular weight excluding hydrogens is 267 g/mol. The first-order chi connectivity index (χ1) is 5.47. The maximum absolute atomic E-state index is 10.7. The van der Waals surface area contributed by atoms with Gasteiger partial charge < -0.3 is 5.61 Å². The van der Waals surface area contributed by atoms with Gasteiger partial charge in [-0.15, -0.1) is 0 Å². The van der Waals surface area contributed by atoms with Crippen molar-refractivity contribution in [2.24, 2.45) is 0 Å². The first-order valence-corrected chi connectivity index (χ1v) is 5.73. The third-order valence-corrected chi connectivity index (χ3v) is 2.09. The number of rotatable bonds is 2. The summed E-state index contributed by atoms with van der Waals surface area (Å²) in [4.78, 5) is 0. The normalized spacial score (nSPS) is 10.3. The van der Waals surface area contributed by atoms with Crippen LogP contribution in [0.25, 0.3) is 0 Å². The van der Waals surface area contributed by atoms with E-state index in [-0.39, 0.29) is 31.0 Å². The summed E-state index contributed by atoms with van der Waals surface area (Å²) in [5.74, 6) is 0.320. The summed E-state index contributed by atoms with van der Waals surface area (Å²) < 4.78 is 26.8. The number of halogens is 1. The summed E-state index contributed by atoms with van der Waals surface area (Å²) in [6, 6.07) is 6.57. The van der Waals surface area contributed by atoms with Gasteiger partial charge in [0.1, 0.15) is 5.75 Å². The molecular formula is C7H8BrNaO3S. The van der Waals surface area contributed by atoms with Crippen LogP contribution >= 0.6 is 15.9 Å². The van der Waals surface area contributed by atoms with Crippen LogP contribution in [0.4, 0.5) is 0 Å². The Bertz CT molecular complexity index is 365. The Morgan fingerprint density at radius 3 is 2.15 bits per heavy atom. The van der Waals surface area contributed by atoms with E-state index in [1.54, 1.807) is 24.3 Å². The second kappa shape index (κ2) is 5.36. The molecule has 1 aromatic rings. The van der Waals surface area contributed by atoms with Crippen LogP contribution in [-0.2, 0) is 10.1 Å². The van der Waals surface area contributed by atoms with Gasteiger partial charge in [-0.25, -0.2) is 0 Å². The van der Waals surface area contributed by atoms with E-state index in [2.05, 4.69) is 20.1 Å². The van der Waals surface area contributed by atoms with Gasteiger partial charge in [0.15, 0.2) is 0 Å². The molecule has 0 fully saturated rings. The van der Waals surface area contributed by atoms with Crippen molar-refractivity contribution in [3.8, 4) is 5.75 Å². The Morgan fingerprint density at radius 1 is 1.31 bits per heavy atom. The van der Waals surface area contributed by atoms with Crippen molar-refractivity contribution < 1.29 is 43.6 Å². The third kappa shape index (κ3) is 5.70. The van der Waals surface area contributed by atoms with Crippen LogP contribution < -0.4 is 33.7 Å². The predicted octanol–water partition coefficient (Wildman–Crippen LogP) is -1.10. The first kappa shape index (κ1) is 13.4. The van der Waals surface area contributed by atoms with Crippen LogP contribution in [-0.4, -0.2) is 14.7 Å². The molecule has 0 spiro atoms. The van der Waals surface area contributed by atoms with E-state index in [9.17, 15) is 8.42 Å². The monoisotopic (exact) mass is 274 g/mol. The molecule has 0 heterocycles. The topological polar surface area (TPSA) is 43.4 Å². The Hall–Kier alpha value is 0.450. The van der Waals surface area contributed by atoms with Gasteiger partial charge in [0.2, 0.25) is 0 Å². The van der Waals surface area contributed by atoms with Crippen LogP contribution in [0.5, 0.6) is 5.75 Å². The maximum Gasteiger partial charge on any atom is 1.00 e. The molecule has 0 N–H and O–H groups in total. The van der Waals surface area contributed by atoms with Gasteiger partial charge in [0.05, 0.1) is 6.26 Å². The van der Waals surface area contributed by atoms with Crippen molar-refractivity contribution in [3.63, 3.8) is 0 Å². The van der Waals surface area contributed by atoms with Gasteiger partial charge in [0.25, 0.3) is 0 Å². The van der Waals surface area contributed by atoms with Crippen LogP contribution in [0.3, 0.4) is 0 Å². The van der Waals surface area contributed by atoms with Crippen molar-refractivity contribution in [2.75, 3.05) is 6.26 Å². The van der Waals surface area contributed by atoms with E-state index < -0.39 is 10.1 Å². The second-order valence-electron chi connectivity index (χ2n) is 2.24. The minimum atomic E-state index is -3.41. The number of hydrogen-bond acceptors (Lipinski definition) is 3. The average molecular weight is 275 g/mol. The fourth-order valence-electron chi connectivity index (χ4n) is 0.665. The average Bonchev–Trinajstić information content (AvgIpc) is 1.91. The van der Waals surface area contributed by atoms with Gasteiger partial charge in [-0.05, 0) is 24.3 Å². The largest absolute Gasteiger partial charge is 1.00 e. The Labute approximate surface area is 110 Å². The molecule has 0 amide bonds. The Balaban J connectivity index is 0. The fourth-order valence-corrected chi connectivity index (χ4v) is 1.39. The van der Waals surface area contributed by atoms with Gasteiger partial charge >= 0.3 is 39.7 Å². The Morgan fingerprint density at radius 2 is 1.77 bits per heavy atom. The van der Waals surface area contributed by atoms with E-state index in [0.29, 0.717) is 5.75 Å². The van der Waals surface area contributed by atoms with Crippen LogP contribution in [0, 0.1) is 0 Å². The number of benzene rings is 1. The molecule has 0 aliphatic carbocycles. The smallest absolute Gasteiger partial charge is 1.00 e. The molecule has 0 aliphatic rings. The molecule has 0 saturated heterocycles. The standard InChI is InChI=1S/C7H7BrO3S.Na.H/c1-12(9,10)11-7-4-2-6(8)3-5-7;;/h2-5H,1H3;;/q;+1;-1. The van der Waals surface area contributed by atoms with E-state index in [4.69, 9.17) is 0 Å². The summed E-state index contributed by atoms with van der Waals surface area (Å²) in [6.07, 6.45) is 1.01. The van der Waals surface area contributed by atoms with Crippen molar-refractivity contribution in [2.45, 2.75) is 0 Å². The molecule has 0 radical (unpaired) electrons. The van der Waals surface area contributed by atoms with E-state index in [0.717, 1.165) is 10.7 Å². The summed E-state index contributed by atoms with van der Waals surface area (Å²) in [7, 11) is -3.41. The van der Waals surface area contributed by atoms with E-state index in [1.807, 2.05) is 0 Å². The molecule has 0 aromatic heterocycles. The van der Waals surface area contributed by atoms with Crippen molar-refractivity contribution in [1.29, 1.82) is 0 Å². The van der Waals surface area contributed by atoms with Crippen molar-refractivity contribution >= 4 is 26.0 Å². The minimum Gasteiger partial charge on any atom is -1.00 e. The summed E-state index contributed by atoms with van der Waals surface area (Å²) in [5.41, 5.74) is 0. The van der Waals surface area contributed by atoms with Crippen LogP contribution in [0.2, 0.25) is 0 Å². The molecule has 0 saturated carbocycles. The minimum absolute atomic E-state index is 0.